The lowest BCUT2D eigenvalue weighted by molar-refractivity contribution is 0.0690. The molecule has 2 heterocycles. The van der Waals surface area contributed by atoms with Gasteiger partial charge in [0.2, 0.25) is 0 Å². The van der Waals surface area contributed by atoms with Crippen LogP contribution in [0.5, 0.6) is 0 Å². The molecular formula is C10H12N2O2. The molecule has 1 aliphatic rings. The molecule has 0 bridgehead atoms. The maximum absolute atomic E-state index is 10.5. The number of nitrogens with zero attached hydrogens (tertiary/aromatic N) is 2. The van der Waals surface area contributed by atoms with Crippen molar-refractivity contribution in [2.75, 3.05) is 13.1 Å². The summed E-state index contributed by atoms with van der Waals surface area (Å²) >= 11 is 0. The average Bonchev–Trinajstić information content (AvgIpc) is 2.12. The van der Waals surface area contributed by atoms with Crippen molar-refractivity contribution in [1.82, 2.24) is 9.88 Å². The largest absolute Gasteiger partial charge is 0.477 e. The number of carboxylic acids is 1. The Bertz CT molecular complexity index is 330. The molecule has 14 heavy (non-hydrogen) atoms. The second-order valence-electron chi connectivity index (χ2n) is 3.49. The lowest BCUT2D eigenvalue weighted by atomic mass is 10.1. The fourth-order valence-electron chi connectivity index (χ4n) is 1.44. The topological polar surface area (TPSA) is 53.4 Å². The summed E-state index contributed by atoms with van der Waals surface area (Å²) in [6.07, 6.45) is 2.91. The predicted molar refractivity (Wildman–Crippen MR) is 51.1 cm³/mol. The first-order valence-corrected chi connectivity index (χ1v) is 4.66. The van der Waals surface area contributed by atoms with E-state index < -0.39 is 5.97 Å². The second-order valence-corrected chi connectivity index (χ2v) is 3.49. The minimum atomic E-state index is -0.972. The Morgan fingerprint density at radius 1 is 1.50 bits per heavy atom. The standard InChI is InChI=1S/C10H12N2O2/c13-10(14)9-3-2-8(6-11-9)7-12-4-1-5-12/h2-3,6H,1,4-5,7H2,(H,13,14). The summed E-state index contributed by atoms with van der Waals surface area (Å²) in [6, 6.07) is 3.38. The summed E-state index contributed by atoms with van der Waals surface area (Å²) in [6.45, 7) is 3.16. The molecule has 1 aromatic heterocycles. The zero-order valence-electron chi connectivity index (χ0n) is 7.81. The first kappa shape index (κ1) is 9.15. The molecule has 1 aromatic rings. The molecule has 1 fully saturated rings. The van der Waals surface area contributed by atoms with Gasteiger partial charge in [0, 0.05) is 12.7 Å². The number of rotatable bonds is 3. The predicted octanol–water partition coefficient (Wildman–Crippen LogP) is 0.986. The highest BCUT2D eigenvalue weighted by molar-refractivity contribution is 5.85. The van der Waals surface area contributed by atoms with E-state index in [2.05, 4.69) is 9.88 Å². The summed E-state index contributed by atoms with van der Waals surface area (Å²) in [5.41, 5.74) is 1.19. The minimum Gasteiger partial charge on any atom is -0.477 e. The van der Waals surface area contributed by atoms with E-state index in [9.17, 15) is 4.79 Å². The number of likely N-dealkylation sites (tertiary alicyclic amines) is 1. The Labute approximate surface area is 82.2 Å². The minimum absolute atomic E-state index is 0.109. The number of carbonyl (C=O) groups is 1. The molecule has 1 N–H and O–H groups in total. The molecule has 0 saturated carbocycles. The Kier molecular flexibility index (Phi) is 2.45. The number of hydrogen-bond acceptors (Lipinski definition) is 3. The molecule has 4 heteroatoms. The van der Waals surface area contributed by atoms with Crippen molar-refractivity contribution in [1.29, 1.82) is 0 Å². The number of aromatic carboxylic acids is 1. The van der Waals surface area contributed by atoms with E-state index in [1.165, 1.54) is 6.42 Å². The van der Waals surface area contributed by atoms with Crippen molar-refractivity contribution in [2.24, 2.45) is 0 Å². The van der Waals surface area contributed by atoms with Crippen LogP contribution in [0.1, 0.15) is 22.5 Å². The lowest BCUT2D eigenvalue weighted by Crippen LogP contribution is -2.36. The Hall–Kier alpha value is -1.42. The first-order valence-electron chi connectivity index (χ1n) is 4.66. The Balaban J connectivity index is 2.01. The van der Waals surface area contributed by atoms with Crippen LogP contribution < -0.4 is 0 Å². The van der Waals surface area contributed by atoms with Crippen LogP contribution in [0.15, 0.2) is 18.3 Å². The van der Waals surface area contributed by atoms with Gasteiger partial charge in [0.1, 0.15) is 5.69 Å². The van der Waals surface area contributed by atoms with Gasteiger partial charge in [-0.25, -0.2) is 9.78 Å². The molecule has 4 nitrogen and oxygen atoms in total. The lowest BCUT2D eigenvalue weighted by Gasteiger charge is -2.30. The molecule has 0 atom stereocenters. The normalized spacial score (nSPS) is 16.3. The van der Waals surface area contributed by atoms with Crippen LogP contribution in [0, 0.1) is 0 Å². The Morgan fingerprint density at radius 2 is 2.29 bits per heavy atom. The molecule has 1 aliphatic heterocycles. The fourth-order valence-corrected chi connectivity index (χ4v) is 1.44. The maximum Gasteiger partial charge on any atom is 0.354 e. The summed E-state index contributed by atoms with van der Waals surface area (Å²) in [5, 5.41) is 8.64. The zero-order valence-corrected chi connectivity index (χ0v) is 7.81. The van der Waals surface area contributed by atoms with E-state index >= 15 is 0 Å². The number of hydrogen-bond donors (Lipinski definition) is 1. The van der Waals surface area contributed by atoms with Gasteiger partial charge in [-0.1, -0.05) is 6.07 Å². The molecule has 0 amide bonds. The van der Waals surface area contributed by atoms with Crippen LogP contribution in [-0.4, -0.2) is 34.0 Å². The van der Waals surface area contributed by atoms with Gasteiger partial charge in [-0.2, -0.15) is 0 Å². The van der Waals surface area contributed by atoms with Gasteiger partial charge in [0.25, 0.3) is 0 Å². The highest BCUT2D eigenvalue weighted by atomic mass is 16.4. The molecule has 0 aromatic carbocycles. The van der Waals surface area contributed by atoms with Crippen molar-refractivity contribution in [3.8, 4) is 0 Å². The van der Waals surface area contributed by atoms with E-state index in [-0.39, 0.29) is 5.69 Å². The molecule has 0 spiro atoms. The van der Waals surface area contributed by atoms with Gasteiger partial charge < -0.3 is 5.11 Å². The quantitative estimate of drug-likeness (QED) is 0.775. The van der Waals surface area contributed by atoms with Crippen molar-refractivity contribution < 1.29 is 9.90 Å². The molecule has 74 valence electrons. The number of aromatic nitrogens is 1. The van der Waals surface area contributed by atoms with Gasteiger partial charge in [0.05, 0.1) is 0 Å². The fraction of sp³-hybridized carbons (Fsp3) is 0.400. The first-order chi connectivity index (χ1) is 6.75. The SMILES string of the molecule is O=C(O)c1ccc(CN2CCC2)cn1. The smallest absolute Gasteiger partial charge is 0.354 e. The van der Waals surface area contributed by atoms with E-state index in [4.69, 9.17) is 5.11 Å². The van der Waals surface area contributed by atoms with Crippen LogP contribution in [0.3, 0.4) is 0 Å². The van der Waals surface area contributed by atoms with E-state index in [1.54, 1.807) is 12.3 Å². The second kappa shape index (κ2) is 3.75. The molecule has 0 aliphatic carbocycles. The van der Waals surface area contributed by atoms with Gasteiger partial charge in [0.15, 0.2) is 0 Å². The van der Waals surface area contributed by atoms with Crippen molar-refractivity contribution in [3.05, 3.63) is 29.6 Å². The zero-order chi connectivity index (χ0) is 9.97. The summed E-state index contributed by atoms with van der Waals surface area (Å²) < 4.78 is 0. The van der Waals surface area contributed by atoms with Crippen LogP contribution in [0.25, 0.3) is 0 Å². The third-order valence-corrected chi connectivity index (χ3v) is 2.40. The average molecular weight is 192 g/mol. The molecule has 1 saturated heterocycles. The van der Waals surface area contributed by atoms with Crippen LogP contribution in [0.4, 0.5) is 0 Å². The van der Waals surface area contributed by atoms with E-state index in [0.29, 0.717) is 0 Å². The van der Waals surface area contributed by atoms with E-state index in [0.717, 1.165) is 25.2 Å². The number of carboxylic acid groups (broad SMARTS) is 1. The third kappa shape index (κ3) is 1.90. The van der Waals surface area contributed by atoms with E-state index in [1.807, 2.05) is 6.07 Å². The van der Waals surface area contributed by atoms with Crippen LogP contribution in [-0.2, 0) is 6.54 Å². The summed E-state index contributed by atoms with van der Waals surface area (Å²) in [7, 11) is 0. The third-order valence-electron chi connectivity index (χ3n) is 2.40. The molecule has 2 rings (SSSR count). The van der Waals surface area contributed by atoms with Crippen LogP contribution >= 0.6 is 0 Å². The van der Waals surface area contributed by atoms with Crippen molar-refractivity contribution in [2.45, 2.75) is 13.0 Å². The maximum atomic E-state index is 10.5. The number of pyridine rings is 1. The van der Waals surface area contributed by atoms with Gasteiger partial charge in [-0.05, 0) is 31.1 Å². The van der Waals surface area contributed by atoms with Crippen LogP contribution in [0.2, 0.25) is 0 Å². The van der Waals surface area contributed by atoms with Gasteiger partial charge in [-0.15, -0.1) is 0 Å². The molecule has 0 radical (unpaired) electrons. The highest BCUT2D eigenvalue weighted by Gasteiger charge is 2.14. The van der Waals surface area contributed by atoms with Crippen molar-refractivity contribution in [3.63, 3.8) is 0 Å². The molecule has 0 unspecified atom stereocenters. The van der Waals surface area contributed by atoms with Gasteiger partial charge in [-0.3, -0.25) is 4.90 Å². The van der Waals surface area contributed by atoms with Gasteiger partial charge >= 0.3 is 5.97 Å². The monoisotopic (exact) mass is 192 g/mol. The van der Waals surface area contributed by atoms with Crippen molar-refractivity contribution >= 4 is 5.97 Å². The summed E-state index contributed by atoms with van der Waals surface area (Å²) in [4.78, 5) is 16.7. The Morgan fingerprint density at radius 3 is 2.71 bits per heavy atom. The molecular weight excluding hydrogens is 180 g/mol. The highest BCUT2D eigenvalue weighted by Crippen LogP contribution is 2.11. The summed E-state index contributed by atoms with van der Waals surface area (Å²) in [5.74, 6) is -0.972.